The van der Waals surface area contributed by atoms with Gasteiger partial charge in [0, 0.05) is 25.9 Å². The van der Waals surface area contributed by atoms with Gasteiger partial charge >= 0.3 is 5.97 Å². The highest BCUT2D eigenvalue weighted by Crippen LogP contribution is 2.18. The highest BCUT2D eigenvalue weighted by atomic mass is 16.4. The number of phenols is 2. The summed E-state index contributed by atoms with van der Waals surface area (Å²) in [7, 11) is 0. The first kappa shape index (κ1) is 89.6. The monoisotopic (exact) mass is 1450 g/mol. The number of guanidine groups is 2. The normalized spacial score (nSPS) is 15.0. The summed E-state index contributed by atoms with van der Waals surface area (Å²) in [6.45, 7) is 7.77. The van der Waals surface area contributed by atoms with E-state index in [1.165, 1.54) is 55.5 Å². The third kappa shape index (κ3) is 34.8. The van der Waals surface area contributed by atoms with Gasteiger partial charge in [0.25, 0.3) is 0 Å². The van der Waals surface area contributed by atoms with Gasteiger partial charge in [-0.1, -0.05) is 58.4 Å². The predicted octanol–water partition coefficient (Wildman–Crippen LogP) is -4.90. The summed E-state index contributed by atoms with van der Waals surface area (Å²) >= 11 is 0. The number of nitrogens with zero attached hydrogens (tertiary/aromatic N) is 2. The standard InChI is InChI=1S/C67H114N20O16/c1-6-38(4)54(64(101)82-45(16-8-11-29-69)57(94)85-51(65(102)103)35-41-22-26-43(91)27-23-41)87-59(96)46(17-9-12-30-70)78-61(98)50(34-40-20-24-42(90)25-21-40)84-55(92)44(15-7-10-28-68)80-62(99)52(36-88)86-58(95)47(18-13-31-76-66(72)73)79-60(97)49(33-37(2)3)83-56(93)48(19-14-32-77-67(74)75)81-63(100)53(71)39(5)89/h20-27,37-39,44-54,88-91H,6-19,28-36,68-71H2,1-5H3,(H,78,98)(H,79,97)(H,80,99)(H,81,100)(H,82,101)(H,83,93)(H,84,92)(H,85,94)(H,86,95)(H,87,96)(H,102,103)(H4,72,73,76)(H4,74,75,77)/t38-,39+,44-,45-,46-,47-,48-,49-,50-,51-,52-,53-,54-/m0/s1. The van der Waals surface area contributed by atoms with Gasteiger partial charge < -0.3 is 125 Å². The van der Waals surface area contributed by atoms with E-state index >= 15 is 0 Å². The minimum absolute atomic E-state index is 0.00749. The lowest BCUT2D eigenvalue weighted by molar-refractivity contribution is -0.142. The molecule has 0 aliphatic heterocycles. The summed E-state index contributed by atoms with van der Waals surface area (Å²) in [6.07, 6.45) is 0.433. The van der Waals surface area contributed by atoms with E-state index in [0.717, 1.165) is 0 Å². The van der Waals surface area contributed by atoms with Gasteiger partial charge in [0.2, 0.25) is 59.1 Å². The zero-order chi connectivity index (χ0) is 77.3. The number of nitrogens with two attached hydrogens (primary N) is 8. The Kier molecular flexibility index (Phi) is 42.1. The van der Waals surface area contributed by atoms with Crippen LogP contribution in [-0.2, 0) is 65.6 Å². The molecule has 0 bridgehead atoms. The van der Waals surface area contributed by atoms with Gasteiger partial charge in [0.05, 0.1) is 12.7 Å². The van der Waals surface area contributed by atoms with Crippen LogP contribution in [0.5, 0.6) is 11.5 Å². The molecule has 36 nitrogen and oxygen atoms in total. The molecule has 0 fully saturated rings. The molecule has 103 heavy (non-hydrogen) atoms. The number of carboxylic acids is 1. The highest BCUT2D eigenvalue weighted by molar-refractivity contribution is 5.99. The average molecular weight is 1460 g/mol. The maximum absolute atomic E-state index is 14.8. The number of aliphatic hydroxyl groups is 2. The van der Waals surface area contributed by atoms with E-state index in [9.17, 15) is 78.3 Å². The van der Waals surface area contributed by atoms with Crippen LogP contribution in [0, 0.1) is 11.8 Å². The van der Waals surface area contributed by atoms with Crippen LogP contribution >= 0.6 is 0 Å². The number of aliphatic carboxylic acids is 1. The zero-order valence-electron chi connectivity index (χ0n) is 59.7. The lowest BCUT2D eigenvalue weighted by Gasteiger charge is -2.30. The molecule has 578 valence electrons. The number of aliphatic imine (C=N–C) groups is 2. The smallest absolute Gasteiger partial charge is 0.326 e. The van der Waals surface area contributed by atoms with Gasteiger partial charge in [-0.25, -0.2) is 4.79 Å². The Bertz CT molecular complexity index is 3060. The summed E-state index contributed by atoms with van der Waals surface area (Å²) in [6, 6.07) is -4.62. The Labute approximate surface area is 600 Å². The molecule has 0 saturated heterocycles. The second-order valence-corrected chi connectivity index (χ2v) is 25.8. The number of hydrogen-bond acceptors (Lipinski definition) is 21. The molecule has 0 unspecified atom stereocenters. The van der Waals surface area contributed by atoms with Crippen molar-refractivity contribution in [2.24, 2.45) is 67.7 Å². The number of nitrogens with one attached hydrogen (secondary N) is 10. The van der Waals surface area contributed by atoms with Gasteiger partial charge in [-0.05, 0) is 164 Å². The topological polar surface area (TPSA) is 642 Å². The van der Waals surface area contributed by atoms with Crippen LogP contribution in [-0.4, -0.2) is 214 Å². The lowest BCUT2D eigenvalue weighted by Crippen LogP contribution is -2.61. The lowest BCUT2D eigenvalue weighted by atomic mass is 9.96. The van der Waals surface area contributed by atoms with E-state index in [2.05, 4.69) is 63.2 Å². The number of aromatic hydroxyl groups is 2. The number of carbonyl (C=O) groups is 11. The van der Waals surface area contributed by atoms with Crippen LogP contribution in [0.3, 0.4) is 0 Å². The van der Waals surface area contributed by atoms with Crippen molar-refractivity contribution in [3.63, 3.8) is 0 Å². The quantitative estimate of drug-likeness (QED) is 0.0168. The Hall–Kier alpha value is -9.49. The molecular weight excluding hydrogens is 1340 g/mol. The molecule has 10 amide bonds. The number of amides is 10. The minimum atomic E-state index is -1.81. The Morgan fingerprint density at radius 3 is 1.09 bits per heavy atom. The van der Waals surface area contributed by atoms with Gasteiger partial charge in [-0.15, -0.1) is 0 Å². The van der Waals surface area contributed by atoms with Gasteiger partial charge in [0.15, 0.2) is 11.9 Å². The van der Waals surface area contributed by atoms with Crippen molar-refractivity contribution >= 4 is 77.0 Å². The molecule has 0 radical (unpaired) electrons. The van der Waals surface area contributed by atoms with E-state index in [0.29, 0.717) is 43.2 Å². The number of phenolic OH excluding ortho intramolecular Hbond substituents is 2. The molecule has 2 aromatic rings. The fourth-order valence-electron chi connectivity index (χ4n) is 10.5. The molecule has 31 N–H and O–H groups in total. The number of benzene rings is 2. The van der Waals surface area contributed by atoms with E-state index in [4.69, 9.17) is 45.9 Å². The molecule has 0 spiro atoms. The summed E-state index contributed by atoms with van der Waals surface area (Å²) in [5.74, 6) is -12.0. The molecule has 0 heterocycles. The van der Waals surface area contributed by atoms with Crippen molar-refractivity contribution < 1.29 is 78.3 Å². The third-order valence-electron chi connectivity index (χ3n) is 16.7. The SMILES string of the molecule is CC[C@H](C)[C@H](NC(=O)[C@H](CCCCN)NC(=O)[C@H](Cc1ccc(O)cc1)NC(=O)[C@H](CCCCN)NC(=O)[C@H](CO)NC(=O)[C@H](CCCN=C(N)N)NC(=O)[C@H](CC(C)C)NC(=O)[C@H](CCCN=C(N)N)NC(=O)[C@@H](N)[C@@H](C)O)C(=O)N[C@@H](CCCCN)C(=O)N[C@@H](Cc1ccc(O)cc1)C(=O)O. The largest absolute Gasteiger partial charge is 0.508 e. The second kappa shape index (κ2) is 48.4. The number of carbonyl (C=O) groups excluding carboxylic acids is 10. The molecule has 0 aliphatic rings. The minimum Gasteiger partial charge on any atom is -0.508 e. The van der Waals surface area contributed by atoms with Crippen molar-refractivity contribution in [2.75, 3.05) is 39.3 Å². The first-order chi connectivity index (χ1) is 48.8. The van der Waals surface area contributed by atoms with Crippen LogP contribution in [0.25, 0.3) is 0 Å². The number of aliphatic hydroxyl groups excluding tert-OH is 2. The van der Waals surface area contributed by atoms with E-state index < -0.39 is 150 Å². The predicted molar refractivity (Wildman–Crippen MR) is 385 cm³/mol. The summed E-state index contributed by atoms with van der Waals surface area (Å²) in [5, 5.41) is 76.8. The van der Waals surface area contributed by atoms with Crippen molar-refractivity contribution in [3.05, 3.63) is 59.7 Å². The fourth-order valence-corrected chi connectivity index (χ4v) is 10.5. The molecule has 13 atom stereocenters. The zero-order valence-corrected chi connectivity index (χ0v) is 59.7. The van der Waals surface area contributed by atoms with Crippen LogP contribution in [0.15, 0.2) is 58.5 Å². The Balaban J connectivity index is 2.58. The molecule has 0 saturated carbocycles. The van der Waals surface area contributed by atoms with Crippen LogP contribution in [0.1, 0.15) is 142 Å². The molecule has 2 aromatic carbocycles. The van der Waals surface area contributed by atoms with Crippen LogP contribution < -0.4 is 99.0 Å². The maximum Gasteiger partial charge on any atom is 0.326 e. The van der Waals surface area contributed by atoms with Crippen LogP contribution in [0.2, 0.25) is 0 Å². The summed E-state index contributed by atoms with van der Waals surface area (Å²) < 4.78 is 0. The molecule has 2 rings (SSSR count). The fraction of sp³-hybridized carbons (Fsp3) is 0.627. The van der Waals surface area contributed by atoms with E-state index in [-0.39, 0.29) is 139 Å². The maximum atomic E-state index is 14.8. The number of carboxylic acid groups (broad SMARTS) is 1. The number of unbranched alkanes of at least 4 members (excludes halogenated alkanes) is 3. The molecule has 36 heteroatoms. The van der Waals surface area contributed by atoms with Gasteiger partial charge in [-0.2, -0.15) is 0 Å². The number of rotatable bonds is 51. The first-order valence-electron chi connectivity index (χ1n) is 34.9. The van der Waals surface area contributed by atoms with Crippen LogP contribution in [0.4, 0.5) is 0 Å². The average Bonchev–Trinajstić information content (AvgIpc) is 0.853. The highest BCUT2D eigenvalue weighted by Gasteiger charge is 2.38. The molecule has 0 aliphatic carbocycles. The van der Waals surface area contributed by atoms with E-state index in [1.54, 1.807) is 27.7 Å². The van der Waals surface area contributed by atoms with Gasteiger partial charge in [-0.3, -0.25) is 57.9 Å². The van der Waals surface area contributed by atoms with Crippen molar-refractivity contribution in [1.29, 1.82) is 0 Å². The summed E-state index contributed by atoms with van der Waals surface area (Å²) in [5.41, 5.74) is 46.2. The van der Waals surface area contributed by atoms with E-state index in [1.807, 2.05) is 0 Å². The van der Waals surface area contributed by atoms with Crippen molar-refractivity contribution in [2.45, 2.75) is 216 Å². The number of hydrogen-bond donors (Lipinski definition) is 23. The molecule has 0 aromatic heterocycles. The third-order valence-corrected chi connectivity index (χ3v) is 16.7. The van der Waals surface area contributed by atoms with Crippen molar-refractivity contribution in [1.82, 2.24) is 53.2 Å². The van der Waals surface area contributed by atoms with Crippen molar-refractivity contribution in [3.8, 4) is 11.5 Å². The summed E-state index contributed by atoms with van der Waals surface area (Å²) in [4.78, 5) is 163. The second-order valence-electron chi connectivity index (χ2n) is 25.8. The Morgan fingerprint density at radius 1 is 0.417 bits per heavy atom. The molecular formula is C67H114N20O16. The first-order valence-corrected chi connectivity index (χ1v) is 34.9. The van der Waals surface area contributed by atoms with Gasteiger partial charge in [0.1, 0.15) is 78.0 Å². The Morgan fingerprint density at radius 2 is 0.728 bits per heavy atom.